The first-order chi connectivity index (χ1) is 19.3. The second-order valence-electron chi connectivity index (χ2n) is 9.93. The Morgan fingerprint density at radius 1 is 1.12 bits per heavy atom. The summed E-state index contributed by atoms with van der Waals surface area (Å²) in [6.45, 7) is 3.98. The minimum atomic E-state index is -0.919. The largest absolute Gasteiger partial charge is 0.489 e. The van der Waals surface area contributed by atoms with E-state index < -0.39 is 23.1 Å². The van der Waals surface area contributed by atoms with Gasteiger partial charge < -0.3 is 24.4 Å². The van der Waals surface area contributed by atoms with Crippen LogP contribution in [0, 0.1) is 12.7 Å². The number of nitrogens with one attached hydrogen (secondary N) is 2. The number of hydrogen-bond donors (Lipinski definition) is 2. The number of piperazine rings is 1. The molecule has 2 aliphatic heterocycles. The molecule has 0 bridgehead atoms. The lowest BCUT2D eigenvalue weighted by Crippen LogP contribution is -2.57. The number of Topliss-reactive ketones (excluding diaryl/α,β-unsaturated/α-hetero) is 1. The van der Waals surface area contributed by atoms with E-state index in [9.17, 15) is 18.8 Å². The lowest BCUT2D eigenvalue weighted by Gasteiger charge is -2.45. The first-order valence-electron chi connectivity index (χ1n) is 12.9. The number of rotatable bonds is 5. The average molecular weight is 543 g/mol. The Morgan fingerprint density at radius 3 is 2.70 bits per heavy atom. The Labute approximate surface area is 229 Å². The lowest BCUT2D eigenvalue weighted by molar-refractivity contribution is -0.112. The van der Waals surface area contributed by atoms with Crippen molar-refractivity contribution in [3.05, 3.63) is 88.4 Å². The first-order valence-corrected chi connectivity index (χ1v) is 12.9. The fourth-order valence-electron chi connectivity index (χ4n) is 5.31. The van der Waals surface area contributed by atoms with Gasteiger partial charge in [-0.3, -0.25) is 19.4 Å². The number of ether oxygens (including phenoxy) is 1. The van der Waals surface area contributed by atoms with E-state index in [0.717, 1.165) is 23.1 Å². The molecular weight excluding hydrogens is 515 g/mol. The van der Waals surface area contributed by atoms with Gasteiger partial charge in [0.25, 0.3) is 17.2 Å². The van der Waals surface area contributed by atoms with Crippen LogP contribution < -0.4 is 25.4 Å². The number of nitrogens with zero attached hydrogens (tertiary/aromatic N) is 4. The molecule has 6 rings (SSSR count). The van der Waals surface area contributed by atoms with E-state index in [1.807, 2.05) is 54.3 Å². The second kappa shape index (κ2) is 9.99. The number of benzene rings is 2. The van der Waals surface area contributed by atoms with Gasteiger partial charge in [-0.25, -0.2) is 4.98 Å². The van der Waals surface area contributed by atoms with Crippen LogP contribution in [-0.2, 0) is 11.8 Å². The molecule has 1 saturated heterocycles. The molecule has 0 saturated carbocycles. The summed E-state index contributed by atoms with van der Waals surface area (Å²) in [7, 11) is 1.77. The zero-order valence-corrected chi connectivity index (χ0v) is 22.0. The van der Waals surface area contributed by atoms with Gasteiger partial charge in [0.05, 0.1) is 17.9 Å². The molecule has 204 valence electrons. The summed E-state index contributed by atoms with van der Waals surface area (Å²) in [4.78, 5) is 48.7. The number of fused-ring (bicyclic) bond motifs is 3. The number of carbonyl (C=O) groups excluding carboxylic acids is 2. The molecular formula is C29H27FN6O4. The zero-order chi connectivity index (χ0) is 28.0. The molecule has 0 spiro atoms. The lowest BCUT2D eigenvalue weighted by atomic mass is 10.0. The summed E-state index contributed by atoms with van der Waals surface area (Å²) < 4.78 is 21.1. The van der Waals surface area contributed by atoms with Crippen LogP contribution in [0.25, 0.3) is 11.1 Å². The fourth-order valence-corrected chi connectivity index (χ4v) is 5.31. The molecule has 2 aliphatic rings. The van der Waals surface area contributed by atoms with E-state index in [2.05, 4.69) is 20.2 Å². The fraction of sp³-hybridized carbons (Fsp3) is 0.241. The van der Waals surface area contributed by atoms with Gasteiger partial charge >= 0.3 is 0 Å². The van der Waals surface area contributed by atoms with E-state index in [0.29, 0.717) is 54.9 Å². The number of carbonyl (C=O) groups is 2. The predicted octanol–water partition coefficient (Wildman–Crippen LogP) is 3.13. The van der Waals surface area contributed by atoms with Crippen molar-refractivity contribution in [3.63, 3.8) is 0 Å². The molecule has 0 radical (unpaired) electrons. The highest BCUT2D eigenvalue weighted by Gasteiger charge is 2.34. The van der Waals surface area contributed by atoms with E-state index in [-0.39, 0.29) is 6.04 Å². The SMILES string of the molecule is Cc1cc(-c2ccccc2)c(C(=O)C(=O)Nc2ccc3c(c2)OCC2CN(c4ncc(F)c(=O)[nH]4)CCN32)n1C. The summed E-state index contributed by atoms with van der Waals surface area (Å²) >= 11 is 0. The number of anilines is 3. The molecule has 4 heterocycles. The Morgan fingerprint density at radius 2 is 1.93 bits per heavy atom. The van der Waals surface area contributed by atoms with Crippen molar-refractivity contribution in [2.45, 2.75) is 13.0 Å². The number of amides is 1. The summed E-state index contributed by atoms with van der Waals surface area (Å²) in [5.41, 5.74) is 3.28. The van der Waals surface area contributed by atoms with E-state index in [1.54, 1.807) is 23.7 Å². The summed E-state index contributed by atoms with van der Waals surface area (Å²) in [5, 5.41) is 2.73. The van der Waals surface area contributed by atoms with Crippen LogP contribution in [-0.4, -0.2) is 58.5 Å². The Bertz CT molecular complexity index is 1680. The maximum Gasteiger partial charge on any atom is 0.298 e. The van der Waals surface area contributed by atoms with Gasteiger partial charge in [-0.1, -0.05) is 30.3 Å². The number of H-pyrrole nitrogens is 1. The number of aromatic nitrogens is 3. The summed E-state index contributed by atoms with van der Waals surface area (Å²) in [6, 6.07) is 16.7. The van der Waals surface area contributed by atoms with Crippen molar-refractivity contribution in [2.75, 3.05) is 41.4 Å². The molecule has 1 fully saturated rings. The number of hydrogen-bond acceptors (Lipinski definition) is 7. The molecule has 40 heavy (non-hydrogen) atoms. The molecule has 2 aromatic heterocycles. The topological polar surface area (TPSA) is 113 Å². The van der Waals surface area contributed by atoms with Gasteiger partial charge in [0.2, 0.25) is 11.8 Å². The molecule has 2 N–H and O–H groups in total. The summed E-state index contributed by atoms with van der Waals surface area (Å²) in [6.07, 6.45) is 0.926. The molecule has 0 aliphatic carbocycles. The Balaban J connectivity index is 1.18. The minimum Gasteiger partial charge on any atom is -0.489 e. The van der Waals surface area contributed by atoms with Gasteiger partial charge in [0, 0.05) is 49.7 Å². The van der Waals surface area contributed by atoms with Crippen LogP contribution in [0.1, 0.15) is 16.2 Å². The maximum atomic E-state index is 13.4. The standard InChI is InChI=1S/C29H27FN6O4/c1-17-12-21(18-6-4-3-5-7-18)25(34(17)2)26(37)28(39)32-19-8-9-23-24(13-19)40-16-20-15-35(10-11-36(20)23)29-31-14-22(30)27(38)33-29/h3-9,12-14,20H,10-11,15-16H2,1-2H3,(H,32,39)(H,31,33,38). The van der Waals surface area contributed by atoms with Crippen LogP contribution in [0.15, 0.2) is 65.6 Å². The van der Waals surface area contributed by atoms with Crippen molar-refractivity contribution in [2.24, 2.45) is 7.05 Å². The number of aryl methyl sites for hydroxylation is 1. The summed E-state index contributed by atoms with van der Waals surface area (Å²) in [5.74, 6) is -1.36. The molecule has 10 nitrogen and oxygen atoms in total. The minimum absolute atomic E-state index is 0.0180. The van der Waals surface area contributed by atoms with E-state index in [4.69, 9.17) is 4.74 Å². The first kappa shape index (κ1) is 25.4. The highest BCUT2D eigenvalue weighted by molar-refractivity contribution is 6.47. The van der Waals surface area contributed by atoms with Crippen molar-refractivity contribution in [3.8, 4) is 16.9 Å². The van der Waals surface area contributed by atoms with Crippen LogP contribution in [0.5, 0.6) is 5.75 Å². The molecule has 1 amide bonds. The normalized spacial score (nSPS) is 16.1. The van der Waals surface area contributed by atoms with E-state index in [1.165, 1.54) is 0 Å². The van der Waals surface area contributed by atoms with Gasteiger partial charge in [0.15, 0.2) is 0 Å². The monoisotopic (exact) mass is 542 g/mol. The third kappa shape index (κ3) is 4.49. The Kier molecular flexibility index (Phi) is 6.33. The molecule has 1 atom stereocenters. The van der Waals surface area contributed by atoms with Gasteiger partial charge in [-0.05, 0) is 30.7 Å². The quantitative estimate of drug-likeness (QED) is 0.294. The maximum absolute atomic E-state index is 13.4. The third-order valence-electron chi connectivity index (χ3n) is 7.46. The zero-order valence-electron chi connectivity index (χ0n) is 22.0. The predicted molar refractivity (Wildman–Crippen MR) is 149 cm³/mol. The highest BCUT2D eigenvalue weighted by atomic mass is 19.1. The Hall–Kier alpha value is -4.93. The van der Waals surface area contributed by atoms with Crippen LogP contribution in [0.2, 0.25) is 0 Å². The third-order valence-corrected chi connectivity index (χ3v) is 7.46. The molecule has 11 heteroatoms. The molecule has 1 unspecified atom stereocenters. The number of ketones is 1. The van der Waals surface area contributed by atoms with Crippen molar-refractivity contribution in [1.29, 1.82) is 0 Å². The van der Waals surface area contributed by atoms with Gasteiger partial charge in [-0.2, -0.15) is 4.39 Å². The molecule has 2 aromatic carbocycles. The van der Waals surface area contributed by atoms with Gasteiger partial charge in [-0.15, -0.1) is 0 Å². The van der Waals surface area contributed by atoms with Crippen LogP contribution >= 0.6 is 0 Å². The van der Waals surface area contributed by atoms with Crippen molar-refractivity contribution in [1.82, 2.24) is 14.5 Å². The average Bonchev–Trinajstić information content (AvgIpc) is 3.27. The van der Waals surface area contributed by atoms with Gasteiger partial charge in [0.1, 0.15) is 18.1 Å². The van der Waals surface area contributed by atoms with Crippen molar-refractivity contribution < 1.29 is 18.7 Å². The number of aromatic amines is 1. The number of halogens is 1. The second-order valence-corrected chi connectivity index (χ2v) is 9.93. The van der Waals surface area contributed by atoms with Crippen molar-refractivity contribution >= 4 is 29.0 Å². The van der Waals surface area contributed by atoms with Crippen LogP contribution in [0.3, 0.4) is 0 Å². The van der Waals surface area contributed by atoms with E-state index >= 15 is 0 Å². The van der Waals surface area contributed by atoms with Crippen LogP contribution in [0.4, 0.5) is 21.7 Å². The smallest absolute Gasteiger partial charge is 0.298 e. The highest BCUT2D eigenvalue weighted by Crippen LogP contribution is 2.37. The molecule has 4 aromatic rings.